The maximum atomic E-state index is 14.6. The van der Waals surface area contributed by atoms with Crippen LogP contribution in [0.15, 0.2) is 77.3 Å². The van der Waals surface area contributed by atoms with E-state index in [4.69, 9.17) is 14.2 Å². The van der Waals surface area contributed by atoms with Gasteiger partial charge in [-0.1, -0.05) is 52.3 Å². The summed E-state index contributed by atoms with van der Waals surface area (Å²) < 4.78 is 60.0. The molecule has 3 aromatic rings. The Labute approximate surface area is 221 Å². The zero-order valence-electron chi connectivity index (χ0n) is 20.5. The molecule has 6 nitrogen and oxygen atoms in total. The molecule has 0 bridgehead atoms. The molecule has 0 fully saturated rings. The molecule has 0 aliphatic heterocycles. The molecule has 2 atom stereocenters. The van der Waals surface area contributed by atoms with Gasteiger partial charge >= 0.3 is 6.18 Å². The number of methoxy groups -OCH3 is 2. The Hall–Kier alpha value is -3.08. The average Bonchev–Trinajstić information content (AvgIpc) is 2.89. The SMILES string of the molecule is COc1ccc(CO[C@@H](C(=O)N(C)Cc2ccc(OC)cc2)[C@](O)(c2ccc(Br)cc2)C(F)(F)F)cc1. The second kappa shape index (κ2) is 12.0. The topological polar surface area (TPSA) is 68.2 Å². The quantitative estimate of drug-likeness (QED) is 0.344. The van der Waals surface area contributed by atoms with Crippen molar-refractivity contribution in [1.29, 1.82) is 0 Å². The van der Waals surface area contributed by atoms with Crippen molar-refractivity contribution < 1.29 is 37.3 Å². The van der Waals surface area contributed by atoms with Gasteiger partial charge in [0, 0.05) is 18.1 Å². The number of likely N-dealkylation sites (N-methyl/N-ethyl adjacent to an activating group) is 1. The summed E-state index contributed by atoms with van der Waals surface area (Å²) in [5.41, 5.74) is -2.98. The summed E-state index contributed by atoms with van der Waals surface area (Å²) in [5, 5.41) is 11.2. The molecule has 0 saturated heterocycles. The Morgan fingerprint density at radius 1 is 0.892 bits per heavy atom. The van der Waals surface area contributed by atoms with Crippen LogP contribution in [0.2, 0.25) is 0 Å². The third kappa shape index (κ3) is 6.63. The molecule has 0 aliphatic rings. The lowest BCUT2D eigenvalue weighted by molar-refractivity contribution is -0.301. The lowest BCUT2D eigenvalue weighted by atomic mass is 9.86. The predicted molar refractivity (Wildman–Crippen MR) is 135 cm³/mol. The molecule has 0 heterocycles. The van der Waals surface area contributed by atoms with Gasteiger partial charge in [-0.15, -0.1) is 0 Å². The summed E-state index contributed by atoms with van der Waals surface area (Å²) in [6, 6.07) is 18.1. The van der Waals surface area contributed by atoms with Gasteiger partial charge in [0.25, 0.3) is 5.91 Å². The van der Waals surface area contributed by atoms with Crippen LogP contribution < -0.4 is 9.47 Å². The molecule has 0 saturated carbocycles. The van der Waals surface area contributed by atoms with Crippen molar-refractivity contribution in [2.45, 2.75) is 31.0 Å². The highest BCUT2D eigenvalue weighted by Crippen LogP contribution is 2.44. The summed E-state index contributed by atoms with van der Waals surface area (Å²) in [5.74, 6) is 0.115. The van der Waals surface area contributed by atoms with Gasteiger partial charge in [-0.05, 0) is 53.1 Å². The summed E-state index contributed by atoms with van der Waals surface area (Å²) in [6.07, 6.45) is -7.53. The van der Waals surface area contributed by atoms with Crippen molar-refractivity contribution in [3.05, 3.63) is 94.0 Å². The standard InChI is InChI=1S/C27H27BrF3NO5/c1-32(16-18-4-12-22(35-2)13-5-18)25(33)24(37-17-19-6-14-23(36-3)15-7-19)26(34,27(29,30)31)20-8-10-21(28)11-9-20/h4-15,24,34H,16-17H2,1-3H3/t24-,26+/m0/s1. The van der Waals surface area contributed by atoms with Crippen LogP contribution in [0.5, 0.6) is 11.5 Å². The smallest absolute Gasteiger partial charge is 0.424 e. The van der Waals surface area contributed by atoms with Gasteiger partial charge in [0.15, 0.2) is 6.10 Å². The molecule has 1 N–H and O–H groups in total. The molecule has 3 rings (SSSR count). The first-order chi connectivity index (χ1) is 17.5. The molecular formula is C27H27BrF3NO5. The number of benzene rings is 3. The molecule has 10 heteroatoms. The first-order valence-electron chi connectivity index (χ1n) is 11.2. The van der Waals surface area contributed by atoms with E-state index in [1.807, 2.05) is 0 Å². The summed E-state index contributed by atoms with van der Waals surface area (Å²) in [6.45, 7) is -0.370. The zero-order chi connectivity index (χ0) is 27.2. The van der Waals surface area contributed by atoms with E-state index < -0.39 is 29.4 Å². The monoisotopic (exact) mass is 581 g/mol. The van der Waals surface area contributed by atoms with Crippen LogP contribution in [-0.4, -0.2) is 49.5 Å². The molecule has 3 aromatic carbocycles. The second-order valence-electron chi connectivity index (χ2n) is 8.35. The first-order valence-corrected chi connectivity index (χ1v) is 12.0. The highest BCUT2D eigenvalue weighted by atomic mass is 79.9. The number of hydrogen-bond donors (Lipinski definition) is 1. The molecule has 198 valence electrons. The molecule has 37 heavy (non-hydrogen) atoms. The molecule has 0 spiro atoms. The van der Waals surface area contributed by atoms with Crippen molar-refractivity contribution in [3.8, 4) is 11.5 Å². The van der Waals surface area contributed by atoms with Crippen molar-refractivity contribution >= 4 is 21.8 Å². The Balaban J connectivity index is 1.98. The Bertz CT molecular complexity index is 1170. The van der Waals surface area contributed by atoms with Crippen LogP contribution >= 0.6 is 15.9 Å². The van der Waals surface area contributed by atoms with Gasteiger partial charge in [0.05, 0.1) is 20.8 Å². The van der Waals surface area contributed by atoms with Crippen LogP contribution in [0.4, 0.5) is 13.2 Å². The van der Waals surface area contributed by atoms with Crippen molar-refractivity contribution in [2.75, 3.05) is 21.3 Å². The minimum absolute atomic E-state index is 0.0144. The van der Waals surface area contributed by atoms with Crippen LogP contribution in [0, 0.1) is 0 Å². The van der Waals surface area contributed by atoms with Crippen molar-refractivity contribution in [2.24, 2.45) is 0 Å². The minimum Gasteiger partial charge on any atom is -0.497 e. The Morgan fingerprint density at radius 2 is 1.38 bits per heavy atom. The molecule has 0 unspecified atom stereocenters. The van der Waals surface area contributed by atoms with Crippen molar-refractivity contribution in [1.82, 2.24) is 4.90 Å². The molecule has 1 amide bonds. The minimum atomic E-state index is -5.23. The fraction of sp³-hybridized carbons (Fsp3) is 0.296. The van der Waals surface area contributed by atoms with Gasteiger partial charge in [-0.3, -0.25) is 4.79 Å². The number of carbonyl (C=O) groups is 1. The molecule has 0 aromatic heterocycles. The Morgan fingerprint density at radius 3 is 1.84 bits per heavy atom. The summed E-state index contributed by atoms with van der Waals surface area (Å²) in [7, 11) is 4.35. The lowest BCUT2D eigenvalue weighted by Gasteiger charge is -2.38. The van der Waals surface area contributed by atoms with Crippen LogP contribution in [0.25, 0.3) is 0 Å². The number of amides is 1. The molecule has 0 radical (unpaired) electrons. The zero-order valence-corrected chi connectivity index (χ0v) is 22.0. The molecule has 0 aliphatic carbocycles. The van der Waals surface area contributed by atoms with E-state index in [1.165, 1.54) is 33.4 Å². The van der Waals surface area contributed by atoms with Gasteiger partial charge in [-0.25, -0.2) is 0 Å². The van der Waals surface area contributed by atoms with E-state index in [0.29, 0.717) is 27.1 Å². The third-order valence-corrected chi connectivity index (χ3v) is 6.38. The maximum absolute atomic E-state index is 14.6. The lowest BCUT2D eigenvalue weighted by Crippen LogP contribution is -2.58. The number of carbonyl (C=O) groups excluding carboxylic acids is 1. The van der Waals surface area contributed by atoms with Crippen LogP contribution in [0.1, 0.15) is 16.7 Å². The predicted octanol–water partition coefficient (Wildman–Crippen LogP) is 5.46. The Kier molecular flexibility index (Phi) is 9.22. The number of nitrogens with zero attached hydrogens (tertiary/aromatic N) is 1. The molecular weight excluding hydrogens is 555 g/mol. The second-order valence-corrected chi connectivity index (χ2v) is 9.27. The highest BCUT2D eigenvalue weighted by Gasteiger charge is 2.63. The van der Waals surface area contributed by atoms with E-state index in [-0.39, 0.29) is 13.2 Å². The average molecular weight is 582 g/mol. The number of hydrogen-bond acceptors (Lipinski definition) is 5. The van der Waals surface area contributed by atoms with Crippen LogP contribution in [-0.2, 0) is 28.3 Å². The number of alkyl halides is 3. The van der Waals surface area contributed by atoms with E-state index in [9.17, 15) is 23.1 Å². The third-order valence-electron chi connectivity index (χ3n) is 5.85. The van der Waals surface area contributed by atoms with E-state index in [0.717, 1.165) is 17.0 Å². The number of rotatable bonds is 10. The van der Waals surface area contributed by atoms with E-state index in [1.54, 1.807) is 48.5 Å². The number of halogens is 4. The normalized spacial score (nSPS) is 13.9. The fourth-order valence-corrected chi connectivity index (χ4v) is 3.99. The maximum Gasteiger partial charge on any atom is 0.424 e. The van der Waals surface area contributed by atoms with Gasteiger partial charge in [0.1, 0.15) is 11.5 Å². The summed E-state index contributed by atoms with van der Waals surface area (Å²) >= 11 is 3.18. The number of aliphatic hydroxyl groups is 1. The van der Waals surface area contributed by atoms with Crippen molar-refractivity contribution in [3.63, 3.8) is 0 Å². The fourth-order valence-electron chi connectivity index (χ4n) is 3.72. The largest absolute Gasteiger partial charge is 0.497 e. The van der Waals surface area contributed by atoms with Gasteiger partial charge in [-0.2, -0.15) is 13.2 Å². The summed E-state index contributed by atoms with van der Waals surface area (Å²) in [4.78, 5) is 14.6. The first kappa shape index (κ1) is 28.5. The van der Waals surface area contributed by atoms with Gasteiger partial charge < -0.3 is 24.2 Å². The highest BCUT2D eigenvalue weighted by molar-refractivity contribution is 9.10. The van der Waals surface area contributed by atoms with Crippen LogP contribution in [0.3, 0.4) is 0 Å². The number of ether oxygens (including phenoxy) is 3. The van der Waals surface area contributed by atoms with E-state index >= 15 is 0 Å². The van der Waals surface area contributed by atoms with E-state index in [2.05, 4.69) is 15.9 Å². The van der Waals surface area contributed by atoms with Gasteiger partial charge in [0.2, 0.25) is 5.60 Å².